The standard InChI is InChI=1S/C17H20O3/c1-13(20-12-14-6-4-3-5-7-14)17(18)15-8-10-16(19-2)11-9-15/h3-11,13,17-18H,12H2,1-2H3. The number of hydrogen-bond acceptors (Lipinski definition) is 3. The van der Waals surface area contributed by atoms with E-state index in [1.165, 1.54) is 0 Å². The van der Waals surface area contributed by atoms with Crippen LogP contribution in [0.2, 0.25) is 0 Å². The van der Waals surface area contributed by atoms with Gasteiger partial charge >= 0.3 is 0 Å². The SMILES string of the molecule is COc1ccc(C(O)C(C)OCc2ccccc2)cc1. The molecule has 106 valence electrons. The fourth-order valence-corrected chi connectivity index (χ4v) is 1.97. The highest BCUT2D eigenvalue weighted by Gasteiger charge is 2.17. The van der Waals surface area contributed by atoms with Crippen LogP contribution >= 0.6 is 0 Å². The molecular formula is C17H20O3. The molecule has 0 aliphatic carbocycles. The average Bonchev–Trinajstić information content (AvgIpc) is 2.53. The van der Waals surface area contributed by atoms with Gasteiger partial charge < -0.3 is 14.6 Å². The smallest absolute Gasteiger partial charge is 0.118 e. The lowest BCUT2D eigenvalue weighted by atomic mass is 10.1. The normalized spacial score (nSPS) is 13.8. The molecule has 20 heavy (non-hydrogen) atoms. The molecule has 2 aromatic carbocycles. The lowest BCUT2D eigenvalue weighted by molar-refractivity contribution is -0.0364. The zero-order chi connectivity index (χ0) is 14.4. The molecule has 0 bridgehead atoms. The molecule has 0 heterocycles. The van der Waals surface area contributed by atoms with Crippen molar-refractivity contribution in [3.63, 3.8) is 0 Å². The third-order valence-corrected chi connectivity index (χ3v) is 3.26. The molecule has 2 unspecified atom stereocenters. The van der Waals surface area contributed by atoms with Gasteiger partial charge in [0.2, 0.25) is 0 Å². The highest BCUT2D eigenvalue weighted by Crippen LogP contribution is 2.22. The zero-order valence-electron chi connectivity index (χ0n) is 11.8. The van der Waals surface area contributed by atoms with Gasteiger partial charge in [-0.15, -0.1) is 0 Å². The monoisotopic (exact) mass is 272 g/mol. The largest absolute Gasteiger partial charge is 0.497 e. The minimum Gasteiger partial charge on any atom is -0.497 e. The second-order valence-electron chi connectivity index (χ2n) is 4.72. The number of aliphatic hydroxyl groups is 1. The molecule has 0 spiro atoms. The molecule has 0 amide bonds. The molecule has 3 nitrogen and oxygen atoms in total. The highest BCUT2D eigenvalue weighted by atomic mass is 16.5. The summed E-state index contributed by atoms with van der Waals surface area (Å²) in [6.45, 7) is 2.37. The first-order chi connectivity index (χ1) is 9.70. The van der Waals surface area contributed by atoms with Crippen LogP contribution in [0.1, 0.15) is 24.2 Å². The lowest BCUT2D eigenvalue weighted by Crippen LogP contribution is -2.18. The Morgan fingerprint density at radius 2 is 1.65 bits per heavy atom. The van der Waals surface area contributed by atoms with E-state index in [2.05, 4.69) is 0 Å². The van der Waals surface area contributed by atoms with Gasteiger partial charge in [-0.25, -0.2) is 0 Å². The van der Waals surface area contributed by atoms with E-state index in [-0.39, 0.29) is 6.10 Å². The predicted octanol–water partition coefficient (Wildman–Crippen LogP) is 3.33. The molecule has 1 N–H and O–H groups in total. The van der Waals surface area contributed by atoms with Crippen molar-refractivity contribution in [2.45, 2.75) is 25.7 Å². The summed E-state index contributed by atoms with van der Waals surface area (Å²) in [6, 6.07) is 17.3. The molecule has 0 radical (unpaired) electrons. The van der Waals surface area contributed by atoms with Gasteiger partial charge in [0.1, 0.15) is 11.9 Å². The van der Waals surface area contributed by atoms with Crippen molar-refractivity contribution < 1.29 is 14.6 Å². The Morgan fingerprint density at radius 3 is 2.25 bits per heavy atom. The van der Waals surface area contributed by atoms with Gasteiger partial charge in [0, 0.05) is 0 Å². The van der Waals surface area contributed by atoms with Crippen LogP contribution in [0.25, 0.3) is 0 Å². The number of benzene rings is 2. The van der Waals surface area contributed by atoms with Crippen molar-refractivity contribution in [1.29, 1.82) is 0 Å². The van der Waals surface area contributed by atoms with E-state index in [9.17, 15) is 5.11 Å². The molecule has 3 heteroatoms. The van der Waals surface area contributed by atoms with Crippen LogP contribution in [0.3, 0.4) is 0 Å². The lowest BCUT2D eigenvalue weighted by Gasteiger charge is -2.20. The van der Waals surface area contributed by atoms with Gasteiger partial charge in [-0.05, 0) is 30.2 Å². The van der Waals surface area contributed by atoms with Gasteiger partial charge in [-0.2, -0.15) is 0 Å². The second kappa shape index (κ2) is 7.08. The van der Waals surface area contributed by atoms with Crippen LogP contribution in [0.4, 0.5) is 0 Å². The minimum atomic E-state index is -0.649. The molecule has 0 saturated carbocycles. The van der Waals surface area contributed by atoms with Gasteiger partial charge in [-0.1, -0.05) is 42.5 Å². The highest BCUT2D eigenvalue weighted by molar-refractivity contribution is 5.28. The maximum atomic E-state index is 10.3. The van der Waals surface area contributed by atoms with Crippen molar-refractivity contribution in [2.24, 2.45) is 0 Å². The summed E-state index contributed by atoms with van der Waals surface area (Å²) in [5.41, 5.74) is 1.92. The van der Waals surface area contributed by atoms with Crippen molar-refractivity contribution >= 4 is 0 Å². The van der Waals surface area contributed by atoms with Crippen molar-refractivity contribution in [3.8, 4) is 5.75 Å². The maximum Gasteiger partial charge on any atom is 0.118 e. The molecule has 2 atom stereocenters. The van der Waals surface area contributed by atoms with E-state index < -0.39 is 6.10 Å². The molecule has 0 aliphatic heterocycles. The average molecular weight is 272 g/mol. The summed E-state index contributed by atoms with van der Waals surface area (Å²) in [7, 11) is 1.62. The van der Waals surface area contributed by atoms with E-state index in [1.807, 2.05) is 61.5 Å². The Balaban J connectivity index is 1.92. The fraction of sp³-hybridized carbons (Fsp3) is 0.294. The summed E-state index contributed by atoms with van der Waals surface area (Å²) >= 11 is 0. The van der Waals surface area contributed by atoms with E-state index in [1.54, 1.807) is 7.11 Å². The van der Waals surface area contributed by atoms with Gasteiger partial charge in [0.05, 0.1) is 19.8 Å². The summed E-state index contributed by atoms with van der Waals surface area (Å²) in [5, 5.41) is 10.3. The first-order valence-corrected chi connectivity index (χ1v) is 6.68. The predicted molar refractivity (Wildman–Crippen MR) is 78.6 cm³/mol. The zero-order valence-corrected chi connectivity index (χ0v) is 11.8. The number of aliphatic hydroxyl groups excluding tert-OH is 1. The first-order valence-electron chi connectivity index (χ1n) is 6.68. The molecule has 2 rings (SSSR count). The third-order valence-electron chi connectivity index (χ3n) is 3.26. The third kappa shape index (κ3) is 3.83. The quantitative estimate of drug-likeness (QED) is 0.876. The van der Waals surface area contributed by atoms with Gasteiger partial charge in [-0.3, -0.25) is 0 Å². The number of rotatable bonds is 6. The molecule has 0 aliphatic rings. The Labute approximate surface area is 119 Å². The topological polar surface area (TPSA) is 38.7 Å². The number of methoxy groups -OCH3 is 1. The number of ether oxygens (including phenoxy) is 2. The molecule has 2 aromatic rings. The molecule has 0 aromatic heterocycles. The van der Waals surface area contributed by atoms with Gasteiger partial charge in [0.25, 0.3) is 0 Å². The van der Waals surface area contributed by atoms with Crippen LogP contribution in [0.5, 0.6) is 5.75 Å². The molecule has 0 fully saturated rings. The Bertz CT molecular complexity index is 508. The maximum absolute atomic E-state index is 10.3. The first kappa shape index (κ1) is 14.6. The minimum absolute atomic E-state index is 0.274. The summed E-state index contributed by atoms with van der Waals surface area (Å²) < 4.78 is 10.8. The Kier molecular flexibility index (Phi) is 5.16. The summed E-state index contributed by atoms with van der Waals surface area (Å²) in [5.74, 6) is 0.777. The van der Waals surface area contributed by atoms with E-state index in [4.69, 9.17) is 9.47 Å². The van der Waals surface area contributed by atoms with Crippen LogP contribution in [0, 0.1) is 0 Å². The molecular weight excluding hydrogens is 252 g/mol. The van der Waals surface area contributed by atoms with E-state index >= 15 is 0 Å². The Hall–Kier alpha value is -1.84. The van der Waals surface area contributed by atoms with Gasteiger partial charge in [0.15, 0.2) is 0 Å². The fourth-order valence-electron chi connectivity index (χ4n) is 1.97. The number of hydrogen-bond donors (Lipinski definition) is 1. The van der Waals surface area contributed by atoms with Crippen LogP contribution in [-0.2, 0) is 11.3 Å². The summed E-state index contributed by atoms with van der Waals surface area (Å²) in [4.78, 5) is 0. The van der Waals surface area contributed by atoms with Crippen molar-refractivity contribution in [3.05, 3.63) is 65.7 Å². The van der Waals surface area contributed by atoms with E-state index in [0.29, 0.717) is 6.61 Å². The van der Waals surface area contributed by atoms with Crippen LogP contribution in [0.15, 0.2) is 54.6 Å². The van der Waals surface area contributed by atoms with E-state index in [0.717, 1.165) is 16.9 Å². The van der Waals surface area contributed by atoms with Crippen LogP contribution in [-0.4, -0.2) is 18.3 Å². The summed E-state index contributed by atoms with van der Waals surface area (Å²) in [6.07, 6.45) is -0.923. The van der Waals surface area contributed by atoms with Crippen molar-refractivity contribution in [1.82, 2.24) is 0 Å². The van der Waals surface area contributed by atoms with Crippen LogP contribution < -0.4 is 4.74 Å². The second-order valence-corrected chi connectivity index (χ2v) is 4.72. The molecule has 0 saturated heterocycles. The Morgan fingerprint density at radius 1 is 1.00 bits per heavy atom. The van der Waals surface area contributed by atoms with Crippen molar-refractivity contribution in [2.75, 3.05) is 7.11 Å².